The van der Waals surface area contributed by atoms with Crippen molar-refractivity contribution in [3.05, 3.63) is 34.7 Å². The van der Waals surface area contributed by atoms with Crippen LogP contribution in [0.4, 0.5) is 0 Å². The number of carbonyl (C=O) groups is 2. The van der Waals surface area contributed by atoms with Gasteiger partial charge in [-0.25, -0.2) is 0 Å². The van der Waals surface area contributed by atoms with Crippen molar-refractivity contribution >= 4 is 46.3 Å². The predicted molar refractivity (Wildman–Crippen MR) is 85.1 cm³/mol. The number of carboxylic acid groups (broad SMARTS) is 1. The highest BCUT2D eigenvalue weighted by atomic mass is 32.2. The molecule has 1 aliphatic rings. The summed E-state index contributed by atoms with van der Waals surface area (Å²) in [5.74, 6) is -0.406. The van der Waals surface area contributed by atoms with Crippen LogP contribution >= 0.6 is 24.0 Å². The zero-order valence-electron chi connectivity index (χ0n) is 11.2. The Labute approximate surface area is 131 Å². The van der Waals surface area contributed by atoms with Crippen molar-refractivity contribution < 1.29 is 19.4 Å². The van der Waals surface area contributed by atoms with Crippen LogP contribution in [0.1, 0.15) is 12.0 Å². The molecule has 1 aromatic carbocycles. The SMILES string of the molecule is CN1C(=O)/C(=C\c2ccc(OCCC(=O)O)cc2)SC1=S. The van der Waals surface area contributed by atoms with Gasteiger partial charge in [0.25, 0.3) is 5.91 Å². The summed E-state index contributed by atoms with van der Waals surface area (Å²) in [5, 5.41) is 8.53. The third kappa shape index (κ3) is 4.05. The highest BCUT2D eigenvalue weighted by molar-refractivity contribution is 8.26. The van der Waals surface area contributed by atoms with Gasteiger partial charge in [0, 0.05) is 7.05 Å². The van der Waals surface area contributed by atoms with Gasteiger partial charge in [0.2, 0.25) is 0 Å². The number of hydrogen-bond donors (Lipinski definition) is 1. The molecule has 1 aliphatic heterocycles. The van der Waals surface area contributed by atoms with E-state index in [0.29, 0.717) is 15.0 Å². The number of hydrogen-bond acceptors (Lipinski definition) is 5. The molecule has 0 aliphatic carbocycles. The molecule has 1 fully saturated rings. The van der Waals surface area contributed by atoms with E-state index in [0.717, 1.165) is 5.56 Å². The average Bonchev–Trinajstić information content (AvgIpc) is 2.68. The molecule has 2 rings (SSSR count). The molecule has 1 heterocycles. The first-order valence-electron chi connectivity index (χ1n) is 6.13. The number of likely N-dealkylation sites (N-methyl/N-ethyl adjacent to an activating group) is 1. The van der Waals surface area contributed by atoms with Gasteiger partial charge in [0.1, 0.15) is 10.1 Å². The summed E-state index contributed by atoms with van der Waals surface area (Å²) < 4.78 is 5.84. The first-order chi connectivity index (χ1) is 9.97. The monoisotopic (exact) mass is 323 g/mol. The van der Waals surface area contributed by atoms with Crippen molar-refractivity contribution in [3.63, 3.8) is 0 Å². The first-order valence-corrected chi connectivity index (χ1v) is 7.36. The van der Waals surface area contributed by atoms with E-state index in [2.05, 4.69) is 0 Å². The maximum atomic E-state index is 11.9. The molecule has 21 heavy (non-hydrogen) atoms. The number of thiocarbonyl (C=S) groups is 1. The number of rotatable bonds is 5. The molecule has 0 radical (unpaired) electrons. The molecule has 7 heteroatoms. The Hall–Kier alpha value is -1.86. The number of aliphatic carboxylic acids is 1. The number of nitrogens with zero attached hydrogens (tertiary/aromatic N) is 1. The Morgan fingerprint density at radius 2 is 2.10 bits per heavy atom. The van der Waals surface area contributed by atoms with E-state index in [1.165, 1.54) is 16.7 Å². The van der Waals surface area contributed by atoms with Gasteiger partial charge in [-0.2, -0.15) is 0 Å². The molecule has 0 bridgehead atoms. The summed E-state index contributed by atoms with van der Waals surface area (Å²) in [6.07, 6.45) is 1.73. The van der Waals surface area contributed by atoms with Gasteiger partial charge < -0.3 is 9.84 Å². The van der Waals surface area contributed by atoms with Crippen LogP contribution in [-0.2, 0) is 9.59 Å². The summed E-state index contributed by atoms with van der Waals surface area (Å²) >= 11 is 6.33. The third-order valence-corrected chi connectivity index (χ3v) is 4.23. The van der Waals surface area contributed by atoms with Gasteiger partial charge in [-0.05, 0) is 23.8 Å². The van der Waals surface area contributed by atoms with Crippen molar-refractivity contribution in [1.82, 2.24) is 4.90 Å². The summed E-state index contributed by atoms with van der Waals surface area (Å²) in [5.41, 5.74) is 0.856. The van der Waals surface area contributed by atoms with Crippen molar-refractivity contribution in [1.29, 1.82) is 0 Å². The van der Waals surface area contributed by atoms with Crippen molar-refractivity contribution in [2.24, 2.45) is 0 Å². The Bertz CT molecular complexity index is 610. The largest absolute Gasteiger partial charge is 0.493 e. The molecule has 0 unspecified atom stereocenters. The fourth-order valence-corrected chi connectivity index (χ4v) is 2.79. The van der Waals surface area contributed by atoms with E-state index in [4.69, 9.17) is 22.1 Å². The quantitative estimate of drug-likeness (QED) is 0.663. The number of thioether (sulfide) groups is 1. The lowest BCUT2D eigenvalue weighted by atomic mass is 10.2. The highest BCUT2D eigenvalue weighted by Crippen LogP contribution is 2.31. The van der Waals surface area contributed by atoms with Crippen LogP contribution < -0.4 is 4.74 Å². The van der Waals surface area contributed by atoms with Crippen LogP contribution in [-0.4, -0.2) is 39.9 Å². The zero-order chi connectivity index (χ0) is 15.4. The van der Waals surface area contributed by atoms with Gasteiger partial charge in [0.15, 0.2) is 0 Å². The summed E-state index contributed by atoms with van der Waals surface area (Å²) in [7, 11) is 1.65. The van der Waals surface area contributed by atoms with E-state index in [1.54, 1.807) is 37.4 Å². The van der Waals surface area contributed by atoms with Gasteiger partial charge in [-0.3, -0.25) is 14.5 Å². The Balaban J connectivity index is 2.01. The minimum Gasteiger partial charge on any atom is -0.493 e. The number of carboxylic acids is 1. The standard InChI is InChI=1S/C14H13NO4S2/c1-15-13(18)11(21-14(15)20)8-9-2-4-10(5-3-9)19-7-6-12(16)17/h2-5,8H,6-7H2,1H3,(H,16,17)/b11-8+. The molecule has 5 nitrogen and oxygen atoms in total. The molecule has 1 N–H and O–H groups in total. The van der Waals surface area contributed by atoms with Crippen LogP contribution in [0.5, 0.6) is 5.75 Å². The number of ether oxygens (including phenoxy) is 1. The first kappa shape index (κ1) is 15.5. The van der Waals surface area contributed by atoms with Crippen LogP contribution in [0.15, 0.2) is 29.2 Å². The smallest absolute Gasteiger partial charge is 0.306 e. The summed E-state index contributed by atoms with van der Waals surface area (Å²) in [6, 6.07) is 7.08. The Kier molecular flexibility index (Phi) is 4.98. The van der Waals surface area contributed by atoms with Crippen LogP contribution in [0.2, 0.25) is 0 Å². The van der Waals surface area contributed by atoms with Crippen molar-refractivity contribution in [2.45, 2.75) is 6.42 Å². The van der Waals surface area contributed by atoms with Crippen LogP contribution in [0.25, 0.3) is 6.08 Å². The van der Waals surface area contributed by atoms with E-state index in [1.807, 2.05) is 0 Å². The minimum absolute atomic E-state index is 0.0409. The molecule has 1 amide bonds. The van der Waals surface area contributed by atoms with E-state index >= 15 is 0 Å². The lowest BCUT2D eigenvalue weighted by Gasteiger charge is -2.05. The zero-order valence-corrected chi connectivity index (χ0v) is 12.9. The molecule has 110 valence electrons. The second-order valence-corrected chi connectivity index (χ2v) is 5.98. The molecule has 1 aromatic rings. The second-order valence-electron chi connectivity index (χ2n) is 4.30. The van der Waals surface area contributed by atoms with Gasteiger partial charge in [-0.15, -0.1) is 0 Å². The van der Waals surface area contributed by atoms with Crippen LogP contribution in [0, 0.1) is 0 Å². The van der Waals surface area contributed by atoms with Gasteiger partial charge >= 0.3 is 5.97 Å². The van der Waals surface area contributed by atoms with E-state index in [9.17, 15) is 9.59 Å². The Morgan fingerprint density at radius 1 is 1.43 bits per heavy atom. The Morgan fingerprint density at radius 3 is 2.62 bits per heavy atom. The lowest BCUT2D eigenvalue weighted by Crippen LogP contribution is -2.22. The summed E-state index contributed by atoms with van der Waals surface area (Å²) in [4.78, 5) is 24.3. The van der Waals surface area contributed by atoms with E-state index in [-0.39, 0.29) is 18.9 Å². The molecule has 1 saturated heterocycles. The van der Waals surface area contributed by atoms with Crippen molar-refractivity contribution in [3.8, 4) is 5.75 Å². The normalized spacial score (nSPS) is 16.6. The maximum Gasteiger partial charge on any atom is 0.306 e. The molecule has 0 spiro atoms. The molecule has 0 atom stereocenters. The second kappa shape index (κ2) is 6.73. The fourth-order valence-electron chi connectivity index (χ4n) is 1.61. The topological polar surface area (TPSA) is 66.8 Å². The number of benzene rings is 1. The van der Waals surface area contributed by atoms with Crippen molar-refractivity contribution in [2.75, 3.05) is 13.7 Å². The van der Waals surface area contributed by atoms with Gasteiger partial charge in [0.05, 0.1) is 17.9 Å². The summed E-state index contributed by atoms with van der Waals surface area (Å²) in [6.45, 7) is 0.128. The average molecular weight is 323 g/mol. The maximum absolute atomic E-state index is 11.9. The molecular formula is C14H13NO4S2. The molecule has 0 saturated carbocycles. The third-order valence-electron chi connectivity index (χ3n) is 2.75. The van der Waals surface area contributed by atoms with Gasteiger partial charge in [-0.1, -0.05) is 36.1 Å². The lowest BCUT2D eigenvalue weighted by molar-refractivity contribution is -0.137. The minimum atomic E-state index is -0.895. The van der Waals surface area contributed by atoms with Crippen LogP contribution in [0.3, 0.4) is 0 Å². The highest BCUT2D eigenvalue weighted by Gasteiger charge is 2.28. The van der Waals surface area contributed by atoms with E-state index < -0.39 is 5.97 Å². The predicted octanol–water partition coefficient (Wildman–Crippen LogP) is 2.37. The fraction of sp³-hybridized carbons (Fsp3) is 0.214. The molecule has 0 aromatic heterocycles. The molecular weight excluding hydrogens is 310 g/mol. The number of amides is 1. The number of carbonyl (C=O) groups excluding carboxylic acids is 1.